The summed E-state index contributed by atoms with van der Waals surface area (Å²) in [6, 6.07) is 7.09. The minimum atomic E-state index is 0.250. The van der Waals surface area contributed by atoms with E-state index in [-0.39, 0.29) is 6.61 Å². The van der Waals surface area contributed by atoms with E-state index in [2.05, 4.69) is 0 Å². The van der Waals surface area contributed by atoms with Gasteiger partial charge in [0, 0.05) is 6.61 Å². The minimum absolute atomic E-state index is 0.250. The standard InChI is InChI=1S/C7H8O.C2H6O/c1-6-2-4-7(8)5-3-6;1-2-3/h2-5,8H,1H3;3H,2H2,1H3. The molecule has 0 unspecified atom stereocenters. The second-order valence-electron chi connectivity index (χ2n) is 2.15. The summed E-state index contributed by atoms with van der Waals surface area (Å²) in [5.74, 6) is 0.329. The molecule has 0 bridgehead atoms. The maximum absolute atomic E-state index is 8.76. The van der Waals surface area contributed by atoms with Crippen molar-refractivity contribution in [3.8, 4) is 5.75 Å². The van der Waals surface area contributed by atoms with E-state index in [1.54, 1.807) is 19.1 Å². The topological polar surface area (TPSA) is 40.5 Å². The van der Waals surface area contributed by atoms with Gasteiger partial charge in [0.1, 0.15) is 5.75 Å². The second kappa shape index (κ2) is 5.74. The molecule has 1 aromatic rings. The molecule has 0 heterocycles. The Balaban J connectivity index is 0.000000292. The van der Waals surface area contributed by atoms with Crippen LogP contribution in [-0.2, 0) is 0 Å². The van der Waals surface area contributed by atoms with Crippen molar-refractivity contribution >= 4 is 0 Å². The normalized spacial score (nSPS) is 8.27. The van der Waals surface area contributed by atoms with Gasteiger partial charge in [0.2, 0.25) is 0 Å². The first-order valence-electron chi connectivity index (χ1n) is 3.57. The fourth-order valence-electron chi connectivity index (χ4n) is 0.545. The van der Waals surface area contributed by atoms with Crippen molar-refractivity contribution in [1.82, 2.24) is 0 Å². The smallest absolute Gasteiger partial charge is 0.115 e. The van der Waals surface area contributed by atoms with Gasteiger partial charge in [0.05, 0.1) is 0 Å². The SMILES string of the molecule is CCO.Cc1ccc(O)cc1. The van der Waals surface area contributed by atoms with Crippen molar-refractivity contribution < 1.29 is 10.2 Å². The predicted molar refractivity (Wildman–Crippen MR) is 45.6 cm³/mol. The molecule has 0 saturated heterocycles. The van der Waals surface area contributed by atoms with E-state index >= 15 is 0 Å². The van der Waals surface area contributed by atoms with Crippen LogP contribution in [0.5, 0.6) is 5.75 Å². The molecule has 2 N–H and O–H groups in total. The Labute approximate surface area is 67.1 Å². The molecule has 0 aromatic heterocycles. The average Bonchev–Trinajstić information content (AvgIpc) is 1.97. The summed E-state index contributed by atoms with van der Waals surface area (Å²) in [6.45, 7) is 3.92. The quantitative estimate of drug-likeness (QED) is 0.597. The molecule has 0 aliphatic carbocycles. The lowest BCUT2D eigenvalue weighted by Crippen LogP contribution is -1.66. The molecule has 11 heavy (non-hydrogen) atoms. The van der Waals surface area contributed by atoms with Gasteiger partial charge in [-0.1, -0.05) is 17.7 Å². The Morgan fingerprint density at radius 2 is 1.55 bits per heavy atom. The molecule has 1 rings (SSSR count). The summed E-state index contributed by atoms with van der Waals surface area (Å²) in [7, 11) is 0. The summed E-state index contributed by atoms with van der Waals surface area (Å²) < 4.78 is 0. The number of aliphatic hydroxyl groups is 1. The number of benzene rings is 1. The van der Waals surface area contributed by atoms with Gasteiger partial charge >= 0.3 is 0 Å². The molecule has 0 fully saturated rings. The van der Waals surface area contributed by atoms with Gasteiger partial charge in [0.15, 0.2) is 0 Å². The fraction of sp³-hybridized carbons (Fsp3) is 0.333. The third kappa shape index (κ3) is 5.43. The number of aliphatic hydroxyl groups excluding tert-OH is 1. The van der Waals surface area contributed by atoms with Gasteiger partial charge in [0.25, 0.3) is 0 Å². The van der Waals surface area contributed by atoms with Crippen molar-refractivity contribution in [1.29, 1.82) is 0 Å². The lowest BCUT2D eigenvalue weighted by atomic mass is 10.2. The Morgan fingerprint density at radius 1 is 1.18 bits per heavy atom. The van der Waals surface area contributed by atoms with Crippen molar-refractivity contribution in [2.45, 2.75) is 13.8 Å². The van der Waals surface area contributed by atoms with Crippen LogP contribution in [-0.4, -0.2) is 16.8 Å². The van der Waals surface area contributed by atoms with Crippen LogP contribution in [0.2, 0.25) is 0 Å². The third-order valence-corrected chi connectivity index (χ3v) is 1.03. The largest absolute Gasteiger partial charge is 0.508 e. The first kappa shape index (κ1) is 9.98. The van der Waals surface area contributed by atoms with Crippen molar-refractivity contribution in [3.63, 3.8) is 0 Å². The summed E-state index contributed by atoms with van der Waals surface area (Å²) in [4.78, 5) is 0. The van der Waals surface area contributed by atoms with Crippen molar-refractivity contribution in [3.05, 3.63) is 29.8 Å². The Hall–Kier alpha value is -1.02. The predicted octanol–water partition coefficient (Wildman–Crippen LogP) is 1.70. The van der Waals surface area contributed by atoms with Gasteiger partial charge < -0.3 is 10.2 Å². The minimum Gasteiger partial charge on any atom is -0.508 e. The highest BCUT2D eigenvalue weighted by Crippen LogP contribution is 2.07. The van der Waals surface area contributed by atoms with Crippen LogP contribution in [0, 0.1) is 6.92 Å². The molecule has 2 nitrogen and oxygen atoms in total. The number of rotatable bonds is 0. The molecule has 1 aromatic carbocycles. The molecule has 62 valence electrons. The highest BCUT2D eigenvalue weighted by molar-refractivity contribution is 5.24. The van der Waals surface area contributed by atoms with Gasteiger partial charge in [-0.2, -0.15) is 0 Å². The van der Waals surface area contributed by atoms with Crippen LogP contribution in [0.15, 0.2) is 24.3 Å². The summed E-state index contributed by atoms with van der Waals surface area (Å²) in [5.41, 5.74) is 1.17. The van der Waals surface area contributed by atoms with Crippen LogP contribution in [0.25, 0.3) is 0 Å². The van der Waals surface area contributed by atoms with Gasteiger partial charge in [-0.3, -0.25) is 0 Å². The summed E-state index contributed by atoms with van der Waals surface area (Å²) in [5, 5.41) is 16.3. The van der Waals surface area contributed by atoms with E-state index in [1.165, 1.54) is 5.56 Å². The number of aromatic hydroxyl groups is 1. The van der Waals surface area contributed by atoms with E-state index in [0.29, 0.717) is 5.75 Å². The molecule has 0 radical (unpaired) electrons. The lowest BCUT2D eigenvalue weighted by molar-refractivity contribution is 0.318. The molecule has 0 spiro atoms. The van der Waals surface area contributed by atoms with Crippen LogP contribution < -0.4 is 0 Å². The number of phenolic OH excluding ortho intramolecular Hbond substituents is 1. The average molecular weight is 154 g/mol. The van der Waals surface area contributed by atoms with E-state index in [1.807, 2.05) is 19.1 Å². The molecule has 0 aliphatic rings. The highest BCUT2D eigenvalue weighted by atomic mass is 16.3. The van der Waals surface area contributed by atoms with E-state index in [9.17, 15) is 0 Å². The molecule has 0 aliphatic heterocycles. The van der Waals surface area contributed by atoms with Crippen LogP contribution >= 0.6 is 0 Å². The molecular formula is C9H14O2. The van der Waals surface area contributed by atoms with E-state index in [0.717, 1.165) is 0 Å². The monoisotopic (exact) mass is 154 g/mol. The summed E-state index contributed by atoms with van der Waals surface area (Å²) >= 11 is 0. The highest BCUT2D eigenvalue weighted by Gasteiger charge is 1.82. The zero-order chi connectivity index (χ0) is 8.69. The molecular weight excluding hydrogens is 140 g/mol. The van der Waals surface area contributed by atoms with Gasteiger partial charge in [-0.25, -0.2) is 0 Å². The Bertz CT molecular complexity index is 158. The Morgan fingerprint density at radius 3 is 1.82 bits per heavy atom. The molecule has 2 heteroatoms. The van der Waals surface area contributed by atoms with Crippen LogP contribution in [0.4, 0.5) is 0 Å². The van der Waals surface area contributed by atoms with Crippen LogP contribution in [0.1, 0.15) is 12.5 Å². The van der Waals surface area contributed by atoms with Crippen molar-refractivity contribution in [2.75, 3.05) is 6.61 Å². The van der Waals surface area contributed by atoms with E-state index in [4.69, 9.17) is 10.2 Å². The lowest BCUT2D eigenvalue weighted by Gasteiger charge is -1.89. The third-order valence-electron chi connectivity index (χ3n) is 1.03. The van der Waals surface area contributed by atoms with Crippen LogP contribution in [0.3, 0.4) is 0 Å². The van der Waals surface area contributed by atoms with Gasteiger partial charge in [-0.15, -0.1) is 0 Å². The zero-order valence-electron chi connectivity index (χ0n) is 6.91. The van der Waals surface area contributed by atoms with Gasteiger partial charge in [-0.05, 0) is 26.0 Å². The van der Waals surface area contributed by atoms with E-state index < -0.39 is 0 Å². The first-order valence-corrected chi connectivity index (χ1v) is 3.57. The maximum Gasteiger partial charge on any atom is 0.115 e. The Kier molecular flexibility index (Phi) is 5.21. The first-order chi connectivity index (χ1) is 5.20. The molecule has 0 atom stereocenters. The number of hydrogen-bond acceptors (Lipinski definition) is 2. The molecule has 0 amide bonds. The number of aryl methyl sites for hydroxylation is 1. The van der Waals surface area contributed by atoms with Crippen molar-refractivity contribution in [2.24, 2.45) is 0 Å². The maximum atomic E-state index is 8.76. The number of phenols is 1. The summed E-state index contributed by atoms with van der Waals surface area (Å²) in [6.07, 6.45) is 0. The second-order valence-corrected chi connectivity index (χ2v) is 2.15. The fourth-order valence-corrected chi connectivity index (χ4v) is 0.545. The number of hydrogen-bond donors (Lipinski definition) is 2. The zero-order valence-corrected chi connectivity index (χ0v) is 6.91. The molecule has 0 saturated carbocycles.